The number of carbonyl (C=O) groups is 1. The summed E-state index contributed by atoms with van der Waals surface area (Å²) in [6.45, 7) is 2.52. The van der Waals surface area contributed by atoms with Gasteiger partial charge in [0.05, 0.1) is 22.9 Å². The number of hydrogen-bond acceptors (Lipinski definition) is 3. The lowest BCUT2D eigenvalue weighted by molar-refractivity contribution is 0.0499. The van der Waals surface area contributed by atoms with Crippen LogP contribution in [-0.4, -0.2) is 12.6 Å². The first-order valence-electron chi connectivity index (χ1n) is 5.98. The molecule has 1 aromatic carbocycles. The molecule has 0 radical (unpaired) electrons. The van der Waals surface area contributed by atoms with Gasteiger partial charge in [0.2, 0.25) is 0 Å². The van der Waals surface area contributed by atoms with Crippen molar-refractivity contribution in [2.75, 3.05) is 12.3 Å². The Kier molecular flexibility index (Phi) is 6.30. The second kappa shape index (κ2) is 7.49. The summed E-state index contributed by atoms with van der Waals surface area (Å²) in [6.07, 6.45) is 4.19. The van der Waals surface area contributed by atoms with E-state index in [1.807, 2.05) is 0 Å². The summed E-state index contributed by atoms with van der Waals surface area (Å²) in [5.41, 5.74) is 6.15. The number of carbonyl (C=O) groups excluding carboxylic acids is 1. The number of anilines is 1. The van der Waals surface area contributed by atoms with E-state index in [0.717, 1.165) is 25.7 Å². The van der Waals surface area contributed by atoms with Crippen molar-refractivity contribution in [2.45, 2.75) is 32.6 Å². The van der Waals surface area contributed by atoms with Gasteiger partial charge in [-0.05, 0) is 18.6 Å². The number of ether oxygens (including phenoxy) is 1. The molecule has 0 amide bonds. The van der Waals surface area contributed by atoms with Gasteiger partial charge in [-0.15, -0.1) is 0 Å². The van der Waals surface area contributed by atoms with E-state index in [4.69, 9.17) is 33.7 Å². The number of hydrogen-bond donors (Lipinski definition) is 1. The van der Waals surface area contributed by atoms with Gasteiger partial charge in [0, 0.05) is 5.02 Å². The zero-order valence-corrected chi connectivity index (χ0v) is 11.9. The molecule has 1 rings (SSSR count). The van der Waals surface area contributed by atoms with E-state index in [1.54, 1.807) is 0 Å². The van der Waals surface area contributed by atoms with Crippen LogP contribution in [0.5, 0.6) is 0 Å². The summed E-state index contributed by atoms with van der Waals surface area (Å²) < 4.78 is 5.13. The fourth-order valence-electron chi connectivity index (χ4n) is 1.53. The highest BCUT2D eigenvalue weighted by atomic mass is 35.5. The third-order valence-corrected chi connectivity index (χ3v) is 3.08. The summed E-state index contributed by atoms with van der Waals surface area (Å²) >= 11 is 11.7. The third-order valence-electron chi connectivity index (χ3n) is 2.55. The second-order valence-electron chi connectivity index (χ2n) is 4.05. The molecular formula is C13H17Cl2NO2. The Morgan fingerprint density at radius 3 is 2.67 bits per heavy atom. The minimum atomic E-state index is -0.478. The van der Waals surface area contributed by atoms with Gasteiger partial charge in [0.25, 0.3) is 0 Å². The molecule has 3 nitrogen and oxygen atoms in total. The molecule has 0 saturated carbocycles. The second-order valence-corrected chi connectivity index (χ2v) is 4.89. The first-order valence-corrected chi connectivity index (χ1v) is 6.73. The number of benzene rings is 1. The van der Waals surface area contributed by atoms with Crippen LogP contribution in [-0.2, 0) is 4.74 Å². The van der Waals surface area contributed by atoms with Crippen LogP contribution in [0.1, 0.15) is 43.0 Å². The summed E-state index contributed by atoms with van der Waals surface area (Å²) in [6, 6.07) is 2.97. The highest BCUT2D eigenvalue weighted by Gasteiger charge is 2.14. The SMILES string of the molecule is CCCCCCOC(=O)c1cc(Cl)cc(Cl)c1N. The molecule has 0 aromatic heterocycles. The van der Waals surface area contributed by atoms with Gasteiger partial charge in [-0.1, -0.05) is 49.4 Å². The van der Waals surface area contributed by atoms with E-state index < -0.39 is 5.97 Å². The highest BCUT2D eigenvalue weighted by Crippen LogP contribution is 2.28. The lowest BCUT2D eigenvalue weighted by Gasteiger charge is -2.08. The van der Waals surface area contributed by atoms with Crippen molar-refractivity contribution in [1.29, 1.82) is 0 Å². The predicted molar refractivity (Wildman–Crippen MR) is 75.3 cm³/mol. The molecule has 0 aliphatic rings. The molecule has 0 atom stereocenters. The van der Waals surface area contributed by atoms with E-state index >= 15 is 0 Å². The Bertz CT molecular complexity index is 422. The molecule has 18 heavy (non-hydrogen) atoms. The van der Waals surface area contributed by atoms with Gasteiger partial charge in [-0.2, -0.15) is 0 Å². The van der Waals surface area contributed by atoms with Crippen LogP contribution in [0, 0.1) is 0 Å². The molecular weight excluding hydrogens is 273 g/mol. The zero-order valence-electron chi connectivity index (χ0n) is 10.3. The minimum absolute atomic E-state index is 0.208. The first kappa shape index (κ1) is 15.1. The van der Waals surface area contributed by atoms with Crippen LogP contribution in [0.2, 0.25) is 10.0 Å². The molecule has 100 valence electrons. The van der Waals surface area contributed by atoms with E-state index in [1.165, 1.54) is 12.1 Å². The van der Waals surface area contributed by atoms with Crippen molar-refractivity contribution in [1.82, 2.24) is 0 Å². The average molecular weight is 290 g/mol. The van der Waals surface area contributed by atoms with Gasteiger partial charge in [-0.3, -0.25) is 0 Å². The molecule has 0 aliphatic heterocycles. The number of nitrogen functional groups attached to an aromatic ring is 1. The Morgan fingerprint density at radius 2 is 2.00 bits per heavy atom. The number of unbranched alkanes of at least 4 members (excludes halogenated alkanes) is 3. The zero-order chi connectivity index (χ0) is 13.5. The summed E-state index contributed by atoms with van der Waals surface area (Å²) in [5, 5.41) is 0.632. The average Bonchev–Trinajstić information content (AvgIpc) is 2.33. The molecule has 0 fully saturated rings. The smallest absolute Gasteiger partial charge is 0.340 e. The van der Waals surface area contributed by atoms with E-state index in [0.29, 0.717) is 11.6 Å². The van der Waals surface area contributed by atoms with Gasteiger partial charge in [-0.25, -0.2) is 4.79 Å². The molecule has 0 heterocycles. The highest BCUT2D eigenvalue weighted by molar-refractivity contribution is 6.37. The van der Waals surface area contributed by atoms with E-state index in [2.05, 4.69) is 6.92 Å². The Morgan fingerprint density at radius 1 is 1.28 bits per heavy atom. The molecule has 0 bridgehead atoms. The normalized spacial score (nSPS) is 10.4. The number of halogens is 2. The van der Waals surface area contributed by atoms with Crippen LogP contribution in [0.15, 0.2) is 12.1 Å². The molecule has 0 aliphatic carbocycles. The van der Waals surface area contributed by atoms with Crippen molar-refractivity contribution in [3.63, 3.8) is 0 Å². The van der Waals surface area contributed by atoms with Gasteiger partial charge in [0.1, 0.15) is 0 Å². The Hall–Kier alpha value is -0.930. The fourth-order valence-corrected chi connectivity index (χ4v) is 2.02. The lowest BCUT2D eigenvalue weighted by Crippen LogP contribution is -2.09. The minimum Gasteiger partial charge on any atom is -0.462 e. The lowest BCUT2D eigenvalue weighted by atomic mass is 10.2. The van der Waals surface area contributed by atoms with Crippen LogP contribution in [0.25, 0.3) is 0 Å². The van der Waals surface area contributed by atoms with Crippen LogP contribution >= 0.6 is 23.2 Å². The van der Waals surface area contributed by atoms with E-state index in [9.17, 15) is 4.79 Å². The maximum atomic E-state index is 11.8. The standard InChI is InChI=1S/C13H17Cl2NO2/c1-2-3-4-5-6-18-13(17)10-7-9(14)8-11(15)12(10)16/h7-8H,2-6,16H2,1H3. The van der Waals surface area contributed by atoms with Crippen LogP contribution < -0.4 is 5.73 Å². The topological polar surface area (TPSA) is 52.3 Å². The maximum Gasteiger partial charge on any atom is 0.340 e. The predicted octanol–water partition coefficient (Wildman–Crippen LogP) is 4.31. The molecule has 0 spiro atoms. The molecule has 5 heteroatoms. The van der Waals surface area contributed by atoms with Crippen molar-refractivity contribution < 1.29 is 9.53 Å². The van der Waals surface area contributed by atoms with Crippen LogP contribution in [0.3, 0.4) is 0 Å². The Labute approximate surface area is 117 Å². The largest absolute Gasteiger partial charge is 0.462 e. The monoisotopic (exact) mass is 289 g/mol. The van der Waals surface area contributed by atoms with Gasteiger partial charge >= 0.3 is 5.97 Å². The molecule has 0 unspecified atom stereocenters. The van der Waals surface area contributed by atoms with Crippen molar-refractivity contribution >= 4 is 34.9 Å². The summed E-state index contributed by atoms with van der Waals surface area (Å²) in [7, 11) is 0. The molecule has 1 aromatic rings. The van der Waals surface area contributed by atoms with Crippen LogP contribution in [0.4, 0.5) is 5.69 Å². The van der Waals surface area contributed by atoms with Crippen molar-refractivity contribution in [3.8, 4) is 0 Å². The Balaban J connectivity index is 2.56. The summed E-state index contributed by atoms with van der Waals surface area (Å²) in [4.78, 5) is 11.8. The van der Waals surface area contributed by atoms with Crippen molar-refractivity contribution in [3.05, 3.63) is 27.7 Å². The quantitative estimate of drug-likeness (QED) is 0.482. The summed E-state index contributed by atoms with van der Waals surface area (Å²) in [5.74, 6) is -0.478. The van der Waals surface area contributed by atoms with E-state index in [-0.39, 0.29) is 16.3 Å². The maximum absolute atomic E-state index is 11.8. The number of nitrogens with two attached hydrogens (primary N) is 1. The van der Waals surface area contributed by atoms with Crippen molar-refractivity contribution in [2.24, 2.45) is 0 Å². The molecule has 2 N–H and O–H groups in total. The third kappa shape index (κ3) is 4.39. The first-order chi connectivity index (χ1) is 8.56. The number of esters is 1. The molecule has 0 saturated heterocycles. The van der Waals surface area contributed by atoms with Gasteiger partial charge < -0.3 is 10.5 Å². The fraction of sp³-hybridized carbons (Fsp3) is 0.462. The number of rotatable bonds is 6. The van der Waals surface area contributed by atoms with Gasteiger partial charge in [0.15, 0.2) is 0 Å².